The maximum atomic E-state index is 12.7. The molecule has 2 aromatic heterocycles. The number of pyridine rings is 2. The maximum absolute atomic E-state index is 12.7. The lowest BCUT2D eigenvalue weighted by Gasteiger charge is -2.15. The Morgan fingerprint density at radius 2 is 1.53 bits per heavy atom. The van der Waals surface area contributed by atoms with Gasteiger partial charge in [0.05, 0.1) is 4.90 Å². The van der Waals surface area contributed by atoms with Crippen LogP contribution in [-0.2, 0) is 16.4 Å². The van der Waals surface area contributed by atoms with Crippen molar-refractivity contribution >= 4 is 31.6 Å². The highest BCUT2D eigenvalue weighted by Gasteiger charge is 2.17. The summed E-state index contributed by atoms with van der Waals surface area (Å²) in [5, 5.41) is 7.41. The van der Waals surface area contributed by atoms with Crippen LogP contribution in [0.3, 0.4) is 0 Å². The molecule has 0 fully saturated rings. The minimum atomic E-state index is -3.58. The number of aromatic nitrogens is 2. The smallest absolute Gasteiger partial charge is 0.240 e. The largest absolute Gasteiger partial charge is 0.315 e. The van der Waals surface area contributed by atoms with Crippen molar-refractivity contribution in [3.8, 4) is 0 Å². The predicted molar refractivity (Wildman–Crippen MR) is 120 cm³/mol. The van der Waals surface area contributed by atoms with Gasteiger partial charge in [0.15, 0.2) is 0 Å². The molecule has 0 unspecified atom stereocenters. The van der Waals surface area contributed by atoms with E-state index in [1.165, 1.54) is 10.9 Å². The number of fused-ring (bicyclic) bond motifs is 2. The van der Waals surface area contributed by atoms with Gasteiger partial charge in [-0.25, -0.2) is 13.1 Å². The van der Waals surface area contributed by atoms with Gasteiger partial charge in [-0.2, -0.15) is 0 Å². The van der Waals surface area contributed by atoms with Crippen LogP contribution in [0.4, 0.5) is 0 Å². The Hall–Kier alpha value is -2.87. The molecule has 0 saturated carbocycles. The molecule has 0 spiro atoms. The molecule has 0 aliphatic carbocycles. The average molecular weight is 421 g/mol. The number of rotatable bonds is 8. The van der Waals surface area contributed by atoms with Gasteiger partial charge in [-0.15, -0.1) is 0 Å². The van der Waals surface area contributed by atoms with Crippen LogP contribution in [0.1, 0.15) is 12.5 Å². The fraction of sp³-hybridized carbons (Fsp3) is 0.217. The molecule has 30 heavy (non-hydrogen) atoms. The molecule has 2 heterocycles. The van der Waals surface area contributed by atoms with Crippen LogP contribution in [0.25, 0.3) is 21.5 Å². The van der Waals surface area contributed by atoms with Crippen molar-refractivity contribution in [3.05, 3.63) is 78.9 Å². The molecule has 0 saturated heterocycles. The van der Waals surface area contributed by atoms with Crippen LogP contribution in [0.2, 0.25) is 0 Å². The van der Waals surface area contributed by atoms with E-state index in [1.54, 1.807) is 36.8 Å². The third kappa shape index (κ3) is 4.81. The minimum absolute atomic E-state index is 0.231. The SMILES string of the molecule is C[C@H](CNCCc1ccc2cnccc2c1)NS(=O)(=O)c1ccc2cnccc2c1. The normalized spacial score (nSPS) is 13.0. The number of nitrogens with one attached hydrogen (secondary N) is 2. The first-order valence-corrected chi connectivity index (χ1v) is 11.4. The standard InChI is InChI=1S/C23H24N4O2S/c1-17(14-24-9-6-18-2-3-21-15-25-10-7-19(21)12-18)27-30(28,29)23-5-4-22-16-26-11-8-20(22)13-23/h2-5,7-8,10-13,15-17,24,27H,6,9,14H2,1H3/t17-/m1/s1. The lowest BCUT2D eigenvalue weighted by molar-refractivity contribution is 0.537. The van der Waals surface area contributed by atoms with Gasteiger partial charge in [0.1, 0.15) is 0 Å². The Bertz CT molecular complexity index is 1270. The lowest BCUT2D eigenvalue weighted by atomic mass is 10.1. The van der Waals surface area contributed by atoms with Crippen molar-refractivity contribution in [3.63, 3.8) is 0 Å². The van der Waals surface area contributed by atoms with Gasteiger partial charge in [-0.1, -0.05) is 24.3 Å². The van der Waals surface area contributed by atoms with Gasteiger partial charge in [0, 0.05) is 48.1 Å². The summed E-state index contributed by atoms with van der Waals surface area (Å²) in [5.74, 6) is 0. The van der Waals surface area contributed by atoms with Gasteiger partial charge in [0.2, 0.25) is 10.0 Å². The summed E-state index contributed by atoms with van der Waals surface area (Å²) < 4.78 is 28.2. The van der Waals surface area contributed by atoms with Gasteiger partial charge >= 0.3 is 0 Å². The zero-order valence-electron chi connectivity index (χ0n) is 16.7. The first-order valence-electron chi connectivity index (χ1n) is 9.91. The molecule has 0 aliphatic rings. The Morgan fingerprint density at radius 3 is 2.27 bits per heavy atom. The third-order valence-corrected chi connectivity index (χ3v) is 6.61. The summed E-state index contributed by atoms with van der Waals surface area (Å²) in [6.07, 6.45) is 7.90. The van der Waals surface area contributed by atoms with Crippen LogP contribution < -0.4 is 10.0 Å². The second-order valence-electron chi connectivity index (χ2n) is 7.42. The predicted octanol–water partition coefficient (Wildman–Crippen LogP) is 3.28. The van der Waals surface area contributed by atoms with Crippen molar-refractivity contribution < 1.29 is 8.42 Å². The lowest BCUT2D eigenvalue weighted by Crippen LogP contribution is -2.40. The molecule has 4 rings (SSSR count). The van der Waals surface area contributed by atoms with E-state index < -0.39 is 10.0 Å². The van der Waals surface area contributed by atoms with Gasteiger partial charge in [-0.3, -0.25) is 9.97 Å². The van der Waals surface area contributed by atoms with E-state index >= 15 is 0 Å². The van der Waals surface area contributed by atoms with Gasteiger partial charge in [-0.05, 0) is 60.5 Å². The Labute approximate surface area is 176 Å². The second-order valence-corrected chi connectivity index (χ2v) is 9.13. The molecular weight excluding hydrogens is 396 g/mol. The molecule has 154 valence electrons. The maximum Gasteiger partial charge on any atom is 0.240 e. The summed E-state index contributed by atoms with van der Waals surface area (Å²) in [7, 11) is -3.58. The molecule has 4 aromatic rings. The molecule has 6 nitrogen and oxygen atoms in total. The van der Waals surface area contributed by atoms with E-state index in [-0.39, 0.29) is 10.9 Å². The molecule has 1 atom stereocenters. The van der Waals surface area contributed by atoms with E-state index in [0.29, 0.717) is 6.54 Å². The highest BCUT2D eigenvalue weighted by molar-refractivity contribution is 7.89. The van der Waals surface area contributed by atoms with E-state index in [9.17, 15) is 8.42 Å². The molecule has 0 amide bonds. The number of benzene rings is 2. The molecule has 0 bridgehead atoms. The first kappa shape index (κ1) is 20.4. The summed E-state index contributed by atoms with van der Waals surface area (Å²) in [6.45, 7) is 3.18. The van der Waals surface area contributed by atoms with Crippen LogP contribution in [0.15, 0.2) is 78.2 Å². The number of hydrogen-bond acceptors (Lipinski definition) is 5. The van der Waals surface area contributed by atoms with E-state index in [2.05, 4.69) is 38.2 Å². The molecule has 2 N–H and O–H groups in total. The summed E-state index contributed by atoms with van der Waals surface area (Å²) in [6, 6.07) is 15.0. The summed E-state index contributed by atoms with van der Waals surface area (Å²) in [4.78, 5) is 8.45. The Balaban J connectivity index is 1.30. The number of nitrogens with zero attached hydrogens (tertiary/aromatic N) is 2. The Kier molecular flexibility index (Phi) is 6.03. The minimum Gasteiger partial charge on any atom is -0.315 e. The third-order valence-electron chi connectivity index (χ3n) is 5.02. The molecule has 0 radical (unpaired) electrons. The number of hydrogen-bond donors (Lipinski definition) is 2. The van der Waals surface area contributed by atoms with Gasteiger partial charge < -0.3 is 5.32 Å². The fourth-order valence-electron chi connectivity index (χ4n) is 3.44. The highest BCUT2D eigenvalue weighted by Crippen LogP contribution is 2.18. The van der Waals surface area contributed by atoms with Crippen molar-refractivity contribution in [1.82, 2.24) is 20.0 Å². The second kappa shape index (κ2) is 8.87. The quantitative estimate of drug-likeness (QED) is 0.428. The van der Waals surface area contributed by atoms with E-state index in [1.807, 2.05) is 25.3 Å². The highest BCUT2D eigenvalue weighted by atomic mass is 32.2. The van der Waals surface area contributed by atoms with Crippen LogP contribution in [0, 0.1) is 0 Å². The van der Waals surface area contributed by atoms with Crippen molar-refractivity contribution in [2.24, 2.45) is 0 Å². The van der Waals surface area contributed by atoms with Crippen molar-refractivity contribution in [2.75, 3.05) is 13.1 Å². The number of sulfonamides is 1. The zero-order chi connectivity index (χ0) is 21.0. The molecular formula is C23H24N4O2S. The topological polar surface area (TPSA) is 84.0 Å². The average Bonchev–Trinajstić information content (AvgIpc) is 2.76. The van der Waals surface area contributed by atoms with Crippen molar-refractivity contribution in [1.29, 1.82) is 0 Å². The van der Waals surface area contributed by atoms with Crippen LogP contribution in [0.5, 0.6) is 0 Å². The van der Waals surface area contributed by atoms with Crippen LogP contribution >= 0.6 is 0 Å². The molecule has 7 heteroatoms. The summed E-state index contributed by atoms with van der Waals surface area (Å²) >= 11 is 0. The Morgan fingerprint density at radius 1 is 0.867 bits per heavy atom. The fourth-order valence-corrected chi connectivity index (χ4v) is 4.72. The monoisotopic (exact) mass is 420 g/mol. The first-order chi connectivity index (χ1) is 14.5. The van der Waals surface area contributed by atoms with E-state index in [4.69, 9.17) is 0 Å². The van der Waals surface area contributed by atoms with Crippen LogP contribution in [-0.4, -0.2) is 37.5 Å². The molecule has 2 aromatic carbocycles. The molecule has 0 aliphatic heterocycles. The summed E-state index contributed by atoms with van der Waals surface area (Å²) in [5.41, 5.74) is 1.24. The zero-order valence-corrected chi connectivity index (χ0v) is 17.6. The van der Waals surface area contributed by atoms with Gasteiger partial charge in [0.25, 0.3) is 0 Å². The van der Waals surface area contributed by atoms with Crippen molar-refractivity contribution in [2.45, 2.75) is 24.3 Å². The van der Waals surface area contributed by atoms with E-state index in [0.717, 1.165) is 29.1 Å².